The molecule has 27 heavy (non-hydrogen) atoms. The van der Waals surface area contributed by atoms with E-state index in [0.717, 1.165) is 33.2 Å². The number of para-hydroxylation sites is 1. The number of amides is 1. The van der Waals surface area contributed by atoms with E-state index in [0.29, 0.717) is 18.8 Å². The van der Waals surface area contributed by atoms with Crippen LogP contribution in [0.1, 0.15) is 32.8 Å². The van der Waals surface area contributed by atoms with Crippen LogP contribution in [0.15, 0.2) is 59.5 Å². The number of nitrogens with zero attached hydrogens (tertiary/aromatic N) is 3. The second kappa shape index (κ2) is 7.07. The van der Waals surface area contributed by atoms with Crippen LogP contribution in [0.3, 0.4) is 0 Å². The molecular weight excluding hydrogens is 340 g/mol. The summed E-state index contributed by atoms with van der Waals surface area (Å²) in [6, 6.07) is 14.0. The molecule has 136 valence electrons. The van der Waals surface area contributed by atoms with E-state index in [1.807, 2.05) is 50.2 Å². The summed E-state index contributed by atoms with van der Waals surface area (Å²) >= 11 is 0. The molecule has 4 aromatic rings. The first-order valence-corrected chi connectivity index (χ1v) is 8.79. The van der Waals surface area contributed by atoms with E-state index in [9.17, 15) is 4.79 Å². The molecule has 0 aliphatic carbocycles. The molecule has 1 N–H and O–H groups in total. The quantitative estimate of drug-likeness (QED) is 0.590. The van der Waals surface area contributed by atoms with Crippen LogP contribution in [-0.4, -0.2) is 20.7 Å². The van der Waals surface area contributed by atoms with Crippen LogP contribution in [0, 0.1) is 13.8 Å². The van der Waals surface area contributed by atoms with E-state index in [4.69, 9.17) is 4.42 Å². The highest BCUT2D eigenvalue weighted by atomic mass is 16.3. The van der Waals surface area contributed by atoms with E-state index >= 15 is 0 Å². The van der Waals surface area contributed by atoms with E-state index < -0.39 is 0 Å². The molecule has 0 bridgehead atoms. The minimum atomic E-state index is -0.204. The number of rotatable bonds is 5. The number of nitrogens with one attached hydrogen (secondary N) is 1. The predicted molar refractivity (Wildman–Crippen MR) is 102 cm³/mol. The first-order valence-electron chi connectivity index (χ1n) is 8.79. The third-order valence-electron chi connectivity index (χ3n) is 4.62. The lowest BCUT2D eigenvalue weighted by atomic mass is 10.1. The topological polar surface area (TPSA) is 73.0 Å². The van der Waals surface area contributed by atoms with Gasteiger partial charge in [-0.1, -0.05) is 42.5 Å². The van der Waals surface area contributed by atoms with Crippen molar-refractivity contribution >= 4 is 16.9 Å². The zero-order valence-electron chi connectivity index (χ0n) is 15.3. The Morgan fingerprint density at radius 1 is 1.15 bits per heavy atom. The SMILES string of the molecule is Cc1c(C(=O)NCc2cccc(Cn3cncn3)c2)oc2c(C)cccc12. The number of aryl methyl sites for hydroxylation is 2. The Balaban J connectivity index is 1.48. The summed E-state index contributed by atoms with van der Waals surface area (Å²) in [5, 5.41) is 8.05. The van der Waals surface area contributed by atoms with Crippen LogP contribution in [0.25, 0.3) is 11.0 Å². The highest BCUT2D eigenvalue weighted by Crippen LogP contribution is 2.27. The molecule has 2 aromatic carbocycles. The first-order chi connectivity index (χ1) is 13.1. The van der Waals surface area contributed by atoms with Gasteiger partial charge in [-0.2, -0.15) is 5.10 Å². The second-order valence-electron chi connectivity index (χ2n) is 6.60. The Hall–Kier alpha value is -3.41. The van der Waals surface area contributed by atoms with Gasteiger partial charge < -0.3 is 9.73 Å². The molecule has 0 saturated heterocycles. The standard InChI is InChI=1S/C21H20N4O2/c1-14-5-3-8-18-15(2)20(27-19(14)18)21(26)23-10-16-6-4-7-17(9-16)11-25-13-22-12-24-25/h3-9,12-13H,10-11H2,1-2H3,(H,23,26). The molecule has 0 fully saturated rings. The molecule has 6 heteroatoms. The van der Waals surface area contributed by atoms with Gasteiger partial charge >= 0.3 is 0 Å². The Kier molecular flexibility index (Phi) is 4.46. The summed E-state index contributed by atoms with van der Waals surface area (Å²) in [4.78, 5) is 16.6. The fraction of sp³-hybridized carbons (Fsp3) is 0.190. The number of fused-ring (bicyclic) bond motifs is 1. The first kappa shape index (κ1) is 17.0. The van der Waals surface area contributed by atoms with Gasteiger partial charge in [-0.25, -0.2) is 9.67 Å². The monoisotopic (exact) mass is 360 g/mol. The van der Waals surface area contributed by atoms with Crippen molar-refractivity contribution in [2.45, 2.75) is 26.9 Å². The second-order valence-corrected chi connectivity index (χ2v) is 6.60. The summed E-state index contributed by atoms with van der Waals surface area (Å²) in [6.45, 7) is 4.97. The molecule has 6 nitrogen and oxygen atoms in total. The zero-order chi connectivity index (χ0) is 18.8. The van der Waals surface area contributed by atoms with Crippen LogP contribution in [0.2, 0.25) is 0 Å². The van der Waals surface area contributed by atoms with Gasteiger partial charge in [0.2, 0.25) is 0 Å². The number of carbonyl (C=O) groups excluding carboxylic acids is 1. The van der Waals surface area contributed by atoms with Crippen LogP contribution >= 0.6 is 0 Å². The van der Waals surface area contributed by atoms with Gasteiger partial charge in [0.15, 0.2) is 5.76 Å². The summed E-state index contributed by atoms with van der Waals surface area (Å²) in [5.74, 6) is 0.169. The van der Waals surface area contributed by atoms with Crippen molar-refractivity contribution in [2.75, 3.05) is 0 Å². The van der Waals surface area contributed by atoms with Gasteiger partial charge in [0.25, 0.3) is 5.91 Å². The normalized spacial score (nSPS) is 11.0. The minimum Gasteiger partial charge on any atom is -0.450 e. The third-order valence-corrected chi connectivity index (χ3v) is 4.62. The minimum absolute atomic E-state index is 0.204. The maximum absolute atomic E-state index is 12.6. The Morgan fingerprint density at radius 2 is 1.96 bits per heavy atom. The van der Waals surface area contributed by atoms with Gasteiger partial charge in [0.1, 0.15) is 18.2 Å². The summed E-state index contributed by atoms with van der Waals surface area (Å²) in [7, 11) is 0. The number of hydrogen-bond acceptors (Lipinski definition) is 4. The van der Waals surface area contributed by atoms with Crippen LogP contribution in [-0.2, 0) is 13.1 Å². The average Bonchev–Trinajstić information content (AvgIpc) is 3.29. The molecule has 0 unspecified atom stereocenters. The molecule has 0 atom stereocenters. The number of carbonyl (C=O) groups is 1. The van der Waals surface area contributed by atoms with Crippen LogP contribution < -0.4 is 5.32 Å². The fourth-order valence-electron chi connectivity index (χ4n) is 3.20. The van der Waals surface area contributed by atoms with Crippen molar-refractivity contribution in [3.8, 4) is 0 Å². The highest BCUT2D eigenvalue weighted by molar-refractivity contribution is 5.99. The maximum atomic E-state index is 12.6. The molecule has 2 aromatic heterocycles. The highest BCUT2D eigenvalue weighted by Gasteiger charge is 2.18. The average molecular weight is 360 g/mol. The van der Waals surface area contributed by atoms with Crippen LogP contribution in [0.5, 0.6) is 0 Å². The van der Waals surface area contributed by atoms with E-state index in [1.165, 1.54) is 6.33 Å². The maximum Gasteiger partial charge on any atom is 0.287 e. The van der Waals surface area contributed by atoms with Crippen molar-refractivity contribution in [3.63, 3.8) is 0 Å². The number of furan rings is 1. The van der Waals surface area contributed by atoms with E-state index in [-0.39, 0.29) is 5.91 Å². The van der Waals surface area contributed by atoms with Crippen molar-refractivity contribution in [1.82, 2.24) is 20.1 Å². The van der Waals surface area contributed by atoms with Crippen molar-refractivity contribution in [2.24, 2.45) is 0 Å². The van der Waals surface area contributed by atoms with Crippen LogP contribution in [0.4, 0.5) is 0 Å². The fourth-order valence-corrected chi connectivity index (χ4v) is 3.20. The lowest BCUT2D eigenvalue weighted by Gasteiger charge is -2.07. The van der Waals surface area contributed by atoms with Gasteiger partial charge in [-0.05, 0) is 30.5 Å². The van der Waals surface area contributed by atoms with Crippen molar-refractivity contribution < 1.29 is 9.21 Å². The molecule has 0 saturated carbocycles. The molecular formula is C21H20N4O2. The molecule has 0 spiro atoms. The summed E-state index contributed by atoms with van der Waals surface area (Å²) in [5.41, 5.74) is 4.78. The van der Waals surface area contributed by atoms with Crippen molar-refractivity contribution in [1.29, 1.82) is 0 Å². The lowest BCUT2D eigenvalue weighted by Crippen LogP contribution is -2.23. The Bertz CT molecular complexity index is 1100. The van der Waals surface area contributed by atoms with E-state index in [1.54, 1.807) is 11.0 Å². The third kappa shape index (κ3) is 3.46. The molecule has 0 aliphatic rings. The number of benzene rings is 2. The summed E-state index contributed by atoms with van der Waals surface area (Å²) in [6.07, 6.45) is 3.20. The number of hydrogen-bond donors (Lipinski definition) is 1. The lowest BCUT2D eigenvalue weighted by molar-refractivity contribution is 0.0924. The van der Waals surface area contributed by atoms with Gasteiger partial charge in [-0.3, -0.25) is 4.79 Å². The molecule has 0 radical (unpaired) electrons. The largest absolute Gasteiger partial charge is 0.450 e. The number of aromatic nitrogens is 3. The van der Waals surface area contributed by atoms with Crippen molar-refractivity contribution in [3.05, 3.63) is 83.1 Å². The van der Waals surface area contributed by atoms with Gasteiger partial charge in [0, 0.05) is 17.5 Å². The van der Waals surface area contributed by atoms with Gasteiger partial charge in [0.05, 0.1) is 6.54 Å². The molecule has 2 heterocycles. The Labute approximate surface area is 156 Å². The molecule has 1 amide bonds. The molecule has 0 aliphatic heterocycles. The van der Waals surface area contributed by atoms with Gasteiger partial charge in [-0.15, -0.1) is 0 Å². The van der Waals surface area contributed by atoms with E-state index in [2.05, 4.69) is 21.5 Å². The zero-order valence-corrected chi connectivity index (χ0v) is 15.3. The smallest absolute Gasteiger partial charge is 0.287 e. The summed E-state index contributed by atoms with van der Waals surface area (Å²) < 4.78 is 7.60. The molecule has 4 rings (SSSR count). The Morgan fingerprint density at radius 3 is 2.74 bits per heavy atom. The predicted octanol–water partition coefficient (Wildman–Crippen LogP) is 3.62.